The van der Waals surface area contributed by atoms with Crippen molar-refractivity contribution in [2.24, 2.45) is 5.10 Å². The second-order valence-electron chi connectivity index (χ2n) is 5.21. The van der Waals surface area contributed by atoms with E-state index in [9.17, 15) is 4.79 Å². The Morgan fingerprint density at radius 1 is 1.09 bits per heavy atom. The molecule has 1 aliphatic carbocycles. The maximum Gasteiger partial charge on any atom is 0.275 e. The fourth-order valence-corrected chi connectivity index (χ4v) is 2.73. The maximum atomic E-state index is 12.3. The predicted molar refractivity (Wildman–Crippen MR) is 86.4 cm³/mol. The Labute approximate surface area is 129 Å². The second-order valence-corrected chi connectivity index (χ2v) is 5.21. The SMILES string of the molecule is COc1ccccc1C(=O)NN=C1CCCc2ccccc21. The molecule has 0 bridgehead atoms. The van der Waals surface area contributed by atoms with E-state index in [1.807, 2.05) is 18.2 Å². The van der Waals surface area contributed by atoms with Crippen LogP contribution in [0.4, 0.5) is 0 Å². The summed E-state index contributed by atoms with van der Waals surface area (Å²) in [4.78, 5) is 12.3. The molecule has 2 aromatic carbocycles. The Bertz CT molecular complexity index is 723. The van der Waals surface area contributed by atoms with E-state index in [-0.39, 0.29) is 5.91 Å². The van der Waals surface area contributed by atoms with Gasteiger partial charge in [0.15, 0.2) is 0 Å². The number of benzene rings is 2. The van der Waals surface area contributed by atoms with Gasteiger partial charge in [-0.05, 0) is 37.0 Å². The molecule has 0 unspecified atom stereocenters. The zero-order valence-corrected chi connectivity index (χ0v) is 12.5. The zero-order valence-electron chi connectivity index (χ0n) is 12.5. The van der Waals surface area contributed by atoms with E-state index >= 15 is 0 Å². The van der Waals surface area contributed by atoms with Crippen LogP contribution >= 0.6 is 0 Å². The molecule has 4 nitrogen and oxygen atoms in total. The summed E-state index contributed by atoms with van der Waals surface area (Å²) in [6.07, 6.45) is 3.00. The number of nitrogens with zero attached hydrogens (tertiary/aromatic N) is 1. The minimum atomic E-state index is -0.256. The summed E-state index contributed by atoms with van der Waals surface area (Å²) in [6.45, 7) is 0. The van der Waals surface area contributed by atoms with Crippen molar-refractivity contribution in [2.45, 2.75) is 19.3 Å². The van der Waals surface area contributed by atoms with Crippen molar-refractivity contribution in [3.63, 3.8) is 0 Å². The average Bonchev–Trinajstić information content (AvgIpc) is 2.59. The topological polar surface area (TPSA) is 50.7 Å². The van der Waals surface area contributed by atoms with Crippen LogP contribution in [0.25, 0.3) is 0 Å². The molecule has 0 heterocycles. The third-order valence-corrected chi connectivity index (χ3v) is 3.83. The van der Waals surface area contributed by atoms with E-state index in [0.29, 0.717) is 11.3 Å². The molecule has 2 aromatic rings. The lowest BCUT2D eigenvalue weighted by Gasteiger charge is -2.17. The number of ether oxygens (including phenoxy) is 1. The molecule has 0 atom stereocenters. The van der Waals surface area contributed by atoms with Gasteiger partial charge in [0.25, 0.3) is 5.91 Å². The number of para-hydroxylation sites is 1. The van der Waals surface area contributed by atoms with Gasteiger partial charge in [-0.1, -0.05) is 36.4 Å². The quantitative estimate of drug-likeness (QED) is 0.884. The second kappa shape index (κ2) is 6.43. The van der Waals surface area contributed by atoms with Crippen molar-refractivity contribution in [1.29, 1.82) is 0 Å². The van der Waals surface area contributed by atoms with Crippen molar-refractivity contribution in [3.05, 3.63) is 65.2 Å². The van der Waals surface area contributed by atoms with Crippen molar-refractivity contribution in [1.82, 2.24) is 5.43 Å². The molecule has 0 saturated heterocycles. The van der Waals surface area contributed by atoms with Crippen LogP contribution in [0.2, 0.25) is 0 Å². The van der Waals surface area contributed by atoms with Gasteiger partial charge in [-0.25, -0.2) is 5.43 Å². The number of hydrogen-bond donors (Lipinski definition) is 1. The van der Waals surface area contributed by atoms with E-state index in [2.05, 4.69) is 22.7 Å². The molecule has 0 fully saturated rings. The Morgan fingerprint density at radius 3 is 2.73 bits per heavy atom. The lowest BCUT2D eigenvalue weighted by Crippen LogP contribution is -2.22. The van der Waals surface area contributed by atoms with Gasteiger partial charge in [-0.15, -0.1) is 0 Å². The molecule has 4 heteroatoms. The minimum Gasteiger partial charge on any atom is -0.496 e. The first kappa shape index (κ1) is 14.3. The molecule has 0 saturated carbocycles. The van der Waals surface area contributed by atoms with E-state index in [0.717, 1.165) is 30.5 Å². The highest BCUT2D eigenvalue weighted by Gasteiger charge is 2.16. The summed E-state index contributed by atoms with van der Waals surface area (Å²) in [6, 6.07) is 15.3. The van der Waals surface area contributed by atoms with Crippen molar-refractivity contribution >= 4 is 11.6 Å². The number of carbonyl (C=O) groups is 1. The number of aryl methyl sites for hydroxylation is 1. The normalized spacial score (nSPS) is 15.2. The predicted octanol–water partition coefficient (Wildman–Crippen LogP) is 3.17. The largest absolute Gasteiger partial charge is 0.496 e. The number of hydrogen-bond acceptors (Lipinski definition) is 3. The number of carbonyl (C=O) groups excluding carboxylic acids is 1. The monoisotopic (exact) mass is 294 g/mol. The van der Waals surface area contributed by atoms with E-state index < -0.39 is 0 Å². The van der Waals surface area contributed by atoms with Crippen LogP contribution in [0, 0.1) is 0 Å². The van der Waals surface area contributed by atoms with Gasteiger partial charge >= 0.3 is 0 Å². The third-order valence-electron chi connectivity index (χ3n) is 3.83. The fourth-order valence-electron chi connectivity index (χ4n) is 2.73. The molecule has 0 aromatic heterocycles. The first-order valence-electron chi connectivity index (χ1n) is 7.38. The molecule has 3 rings (SSSR count). The molecule has 0 spiro atoms. The number of fused-ring (bicyclic) bond motifs is 1. The van der Waals surface area contributed by atoms with Crippen LogP contribution in [-0.4, -0.2) is 18.7 Å². The first-order chi connectivity index (χ1) is 10.8. The summed E-state index contributed by atoms with van der Waals surface area (Å²) in [5.41, 5.74) is 6.50. The van der Waals surface area contributed by atoms with Gasteiger partial charge in [0.05, 0.1) is 18.4 Å². The molecule has 1 aliphatic rings. The summed E-state index contributed by atoms with van der Waals surface area (Å²) >= 11 is 0. The van der Waals surface area contributed by atoms with Crippen molar-refractivity contribution in [3.8, 4) is 5.75 Å². The maximum absolute atomic E-state index is 12.3. The lowest BCUT2D eigenvalue weighted by atomic mass is 9.90. The molecule has 0 aliphatic heterocycles. The van der Waals surface area contributed by atoms with Crippen LogP contribution in [0.1, 0.15) is 34.3 Å². The lowest BCUT2D eigenvalue weighted by molar-refractivity contribution is 0.0951. The highest BCUT2D eigenvalue weighted by molar-refractivity contribution is 6.04. The molecule has 1 N–H and O–H groups in total. The van der Waals surface area contributed by atoms with Gasteiger partial charge in [-0.3, -0.25) is 4.79 Å². The Balaban J connectivity index is 1.81. The molecular formula is C18H18N2O2. The zero-order chi connectivity index (χ0) is 15.4. The van der Waals surface area contributed by atoms with Crippen molar-refractivity contribution < 1.29 is 9.53 Å². The standard InChI is InChI=1S/C18H18N2O2/c1-22-17-12-5-4-10-15(17)18(21)20-19-16-11-6-8-13-7-2-3-9-14(13)16/h2-5,7,9-10,12H,6,8,11H2,1H3,(H,20,21). The number of hydrazone groups is 1. The van der Waals surface area contributed by atoms with Gasteiger partial charge < -0.3 is 4.74 Å². The minimum absolute atomic E-state index is 0.256. The Kier molecular flexibility index (Phi) is 4.19. The van der Waals surface area contributed by atoms with Gasteiger partial charge in [0.1, 0.15) is 5.75 Å². The van der Waals surface area contributed by atoms with Gasteiger partial charge in [-0.2, -0.15) is 5.10 Å². The Hall–Kier alpha value is -2.62. The van der Waals surface area contributed by atoms with Crippen LogP contribution in [0.3, 0.4) is 0 Å². The van der Waals surface area contributed by atoms with Crippen LogP contribution in [-0.2, 0) is 6.42 Å². The van der Waals surface area contributed by atoms with E-state index in [1.54, 1.807) is 25.3 Å². The molecular weight excluding hydrogens is 276 g/mol. The molecule has 112 valence electrons. The smallest absolute Gasteiger partial charge is 0.275 e. The highest BCUT2D eigenvalue weighted by Crippen LogP contribution is 2.21. The van der Waals surface area contributed by atoms with Crippen LogP contribution in [0.5, 0.6) is 5.75 Å². The first-order valence-corrected chi connectivity index (χ1v) is 7.38. The molecule has 0 radical (unpaired) electrons. The van der Waals surface area contributed by atoms with Crippen molar-refractivity contribution in [2.75, 3.05) is 7.11 Å². The van der Waals surface area contributed by atoms with Gasteiger partial charge in [0, 0.05) is 5.56 Å². The number of amides is 1. The summed E-state index contributed by atoms with van der Waals surface area (Å²) < 4.78 is 5.21. The van der Waals surface area contributed by atoms with E-state index in [1.165, 1.54) is 5.56 Å². The number of methoxy groups -OCH3 is 1. The van der Waals surface area contributed by atoms with Gasteiger partial charge in [0.2, 0.25) is 0 Å². The molecule has 1 amide bonds. The van der Waals surface area contributed by atoms with Crippen LogP contribution < -0.4 is 10.2 Å². The van der Waals surface area contributed by atoms with Crippen LogP contribution in [0.15, 0.2) is 53.6 Å². The highest BCUT2D eigenvalue weighted by atomic mass is 16.5. The Morgan fingerprint density at radius 2 is 1.86 bits per heavy atom. The fraction of sp³-hybridized carbons (Fsp3) is 0.222. The number of rotatable bonds is 3. The van der Waals surface area contributed by atoms with E-state index in [4.69, 9.17) is 4.74 Å². The average molecular weight is 294 g/mol. The summed E-state index contributed by atoms with van der Waals surface area (Å²) in [5, 5.41) is 4.34. The third kappa shape index (κ3) is 2.86. The number of nitrogens with one attached hydrogen (secondary N) is 1. The summed E-state index contributed by atoms with van der Waals surface area (Å²) in [7, 11) is 1.55. The molecule has 22 heavy (non-hydrogen) atoms. The summed E-state index contributed by atoms with van der Waals surface area (Å²) in [5.74, 6) is 0.289.